The van der Waals surface area contributed by atoms with Crippen LogP contribution in [-0.2, 0) is 14.3 Å². The standard InChI is InChI=1S/C28H49FO4.C4H8/c1-2-24-18-22(4-3-15-30)9-13-26(24)27-14-10-23(19-28(27)29)6-5-21-7-11-25(12-8-21)33-17-16-32-20-31;1-4(2)3/h20-28,30H,2-19H2,1H3;1H2,2-3H3. The van der Waals surface area contributed by atoms with Crippen LogP contribution in [0.5, 0.6) is 0 Å². The molecule has 0 saturated heterocycles. The van der Waals surface area contributed by atoms with Crippen LogP contribution in [0.1, 0.15) is 117 Å². The van der Waals surface area contributed by atoms with E-state index in [1.165, 1.54) is 63.4 Å². The summed E-state index contributed by atoms with van der Waals surface area (Å²) in [7, 11) is 0. The van der Waals surface area contributed by atoms with Gasteiger partial charge in [0.1, 0.15) is 12.8 Å². The topological polar surface area (TPSA) is 55.8 Å². The monoisotopic (exact) mass is 524 g/mol. The van der Waals surface area contributed by atoms with Gasteiger partial charge in [0, 0.05) is 6.61 Å². The van der Waals surface area contributed by atoms with Crippen molar-refractivity contribution < 1.29 is 23.8 Å². The molecule has 0 aromatic heterocycles. The molecule has 6 unspecified atom stereocenters. The van der Waals surface area contributed by atoms with Crippen molar-refractivity contribution >= 4 is 6.47 Å². The molecule has 3 aliphatic carbocycles. The van der Waals surface area contributed by atoms with E-state index >= 15 is 4.39 Å². The second kappa shape index (κ2) is 18.4. The molecule has 0 spiro atoms. The van der Waals surface area contributed by atoms with Crippen molar-refractivity contribution in [3.63, 3.8) is 0 Å². The zero-order chi connectivity index (χ0) is 27.0. The lowest BCUT2D eigenvalue weighted by Crippen LogP contribution is -2.38. The second-order valence-corrected chi connectivity index (χ2v) is 12.5. The average Bonchev–Trinajstić information content (AvgIpc) is 2.89. The maximum atomic E-state index is 15.4. The van der Waals surface area contributed by atoms with Crippen molar-refractivity contribution in [1.29, 1.82) is 0 Å². The summed E-state index contributed by atoms with van der Waals surface area (Å²) in [4.78, 5) is 10.2. The summed E-state index contributed by atoms with van der Waals surface area (Å²) in [5, 5.41) is 9.15. The molecule has 0 amide bonds. The molecule has 6 atom stereocenters. The Morgan fingerprint density at radius 2 is 1.49 bits per heavy atom. The van der Waals surface area contributed by atoms with Crippen LogP contribution < -0.4 is 0 Å². The fourth-order valence-corrected chi connectivity index (χ4v) is 7.39. The number of allylic oxidation sites excluding steroid dienone is 1. The van der Waals surface area contributed by atoms with Crippen LogP contribution in [0.25, 0.3) is 0 Å². The Bertz CT molecular complexity index is 614. The quantitative estimate of drug-likeness (QED) is 0.150. The van der Waals surface area contributed by atoms with Gasteiger partial charge in [0.15, 0.2) is 0 Å². The molecule has 3 aliphatic rings. The predicted molar refractivity (Wildman–Crippen MR) is 150 cm³/mol. The third kappa shape index (κ3) is 12.2. The Morgan fingerprint density at radius 3 is 2.08 bits per heavy atom. The maximum absolute atomic E-state index is 15.4. The van der Waals surface area contributed by atoms with Gasteiger partial charge in [-0.1, -0.05) is 38.2 Å². The number of carbonyl (C=O) groups is 1. The number of alkyl halides is 1. The first-order valence-electron chi connectivity index (χ1n) is 15.4. The first-order chi connectivity index (χ1) is 17.9. The highest BCUT2D eigenvalue weighted by Crippen LogP contribution is 2.48. The molecule has 37 heavy (non-hydrogen) atoms. The van der Waals surface area contributed by atoms with Gasteiger partial charge in [-0.2, -0.15) is 0 Å². The van der Waals surface area contributed by atoms with Crippen LogP contribution >= 0.6 is 0 Å². The minimum atomic E-state index is -0.602. The summed E-state index contributed by atoms with van der Waals surface area (Å²) < 4.78 is 25.9. The summed E-state index contributed by atoms with van der Waals surface area (Å²) >= 11 is 0. The summed E-state index contributed by atoms with van der Waals surface area (Å²) in [6.45, 7) is 11.4. The zero-order valence-corrected chi connectivity index (χ0v) is 24.2. The lowest BCUT2D eigenvalue weighted by Gasteiger charge is -2.44. The van der Waals surface area contributed by atoms with Crippen LogP contribution in [0.2, 0.25) is 0 Å². The summed E-state index contributed by atoms with van der Waals surface area (Å²) in [5.41, 5.74) is 1.17. The molecule has 3 rings (SSSR count). The van der Waals surface area contributed by atoms with Crippen molar-refractivity contribution in [2.75, 3.05) is 19.8 Å². The van der Waals surface area contributed by atoms with E-state index in [2.05, 4.69) is 13.5 Å². The lowest BCUT2D eigenvalue weighted by molar-refractivity contribution is -0.131. The van der Waals surface area contributed by atoms with E-state index in [4.69, 9.17) is 14.6 Å². The largest absolute Gasteiger partial charge is 0.465 e. The smallest absolute Gasteiger partial charge is 0.293 e. The van der Waals surface area contributed by atoms with Gasteiger partial charge in [0.05, 0.1) is 12.7 Å². The van der Waals surface area contributed by atoms with Crippen molar-refractivity contribution in [1.82, 2.24) is 0 Å². The van der Waals surface area contributed by atoms with E-state index in [0.29, 0.717) is 56.1 Å². The SMILES string of the molecule is C=C(C)C.CCC1CC(CCCO)CCC1C1CCC(CCC2CCC(OCCOC=O)CC2)CC1F. The fraction of sp³-hybridized carbons (Fsp3) is 0.906. The Kier molecular flexibility index (Phi) is 16.0. The fourth-order valence-electron chi connectivity index (χ4n) is 7.39. The molecule has 0 heterocycles. The zero-order valence-electron chi connectivity index (χ0n) is 24.2. The highest BCUT2D eigenvalue weighted by atomic mass is 19.1. The van der Waals surface area contributed by atoms with Crippen molar-refractivity contribution in [3.05, 3.63) is 12.2 Å². The molecule has 3 fully saturated rings. The minimum Gasteiger partial charge on any atom is -0.465 e. The second-order valence-electron chi connectivity index (χ2n) is 12.5. The Balaban J connectivity index is 0.00000112. The molecular weight excluding hydrogens is 467 g/mol. The number of carbonyl (C=O) groups excluding carboxylic acids is 1. The molecule has 3 saturated carbocycles. The number of hydrogen-bond acceptors (Lipinski definition) is 4. The van der Waals surface area contributed by atoms with Gasteiger partial charge < -0.3 is 14.6 Å². The van der Waals surface area contributed by atoms with Crippen LogP contribution in [-0.4, -0.2) is 43.7 Å². The third-order valence-corrected chi connectivity index (χ3v) is 9.33. The highest BCUT2D eigenvalue weighted by molar-refractivity contribution is 5.36. The summed E-state index contributed by atoms with van der Waals surface area (Å²) in [6, 6.07) is 0. The first kappa shape index (κ1) is 32.3. The van der Waals surface area contributed by atoms with Crippen LogP contribution in [0, 0.1) is 35.5 Å². The minimum absolute atomic E-state index is 0.292. The average molecular weight is 525 g/mol. The Labute approximate surface area is 227 Å². The van der Waals surface area contributed by atoms with Gasteiger partial charge in [0.2, 0.25) is 0 Å². The van der Waals surface area contributed by atoms with Gasteiger partial charge in [-0.05, 0) is 120 Å². The van der Waals surface area contributed by atoms with Gasteiger partial charge in [0.25, 0.3) is 6.47 Å². The predicted octanol–water partition coefficient (Wildman–Crippen LogP) is 8.07. The van der Waals surface area contributed by atoms with Gasteiger partial charge in [-0.25, -0.2) is 4.39 Å². The van der Waals surface area contributed by atoms with Gasteiger partial charge >= 0.3 is 0 Å². The van der Waals surface area contributed by atoms with Gasteiger partial charge in [-0.3, -0.25) is 4.79 Å². The number of rotatable bonds is 13. The molecule has 0 bridgehead atoms. The number of hydrogen-bond donors (Lipinski definition) is 1. The Hall–Kier alpha value is -0.940. The normalized spacial score (nSPS) is 34.2. The van der Waals surface area contributed by atoms with E-state index in [1.54, 1.807) is 0 Å². The molecule has 216 valence electrons. The molecule has 1 N–H and O–H groups in total. The van der Waals surface area contributed by atoms with E-state index in [1.807, 2.05) is 13.8 Å². The van der Waals surface area contributed by atoms with Crippen molar-refractivity contribution in [2.24, 2.45) is 35.5 Å². The molecule has 0 radical (unpaired) electrons. The van der Waals surface area contributed by atoms with Crippen molar-refractivity contribution in [3.8, 4) is 0 Å². The summed E-state index contributed by atoms with van der Waals surface area (Å²) in [6.07, 6.45) is 16.8. The number of aliphatic hydroxyl groups excluding tert-OH is 1. The molecule has 5 heteroatoms. The maximum Gasteiger partial charge on any atom is 0.293 e. The van der Waals surface area contributed by atoms with E-state index in [9.17, 15) is 4.79 Å². The molecule has 4 nitrogen and oxygen atoms in total. The number of ether oxygens (including phenoxy) is 2. The molecule has 0 aliphatic heterocycles. The Morgan fingerprint density at radius 1 is 0.892 bits per heavy atom. The van der Waals surface area contributed by atoms with E-state index < -0.39 is 6.17 Å². The third-order valence-electron chi connectivity index (χ3n) is 9.33. The van der Waals surface area contributed by atoms with Crippen LogP contribution in [0.3, 0.4) is 0 Å². The molecule has 0 aromatic rings. The van der Waals surface area contributed by atoms with E-state index in [-0.39, 0.29) is 0 Å². The summed E-state index contributed by atoms with van der Waals surface area (Å²) in [5.74, 6) is 3.66. The molecule has 0 aromatic carbocycles. The van der Waals surface area contributed by atoms with Gasteiger partial charge in [-0.15, -0.1) is 6.58 Å². The van der Waals surface area contributed by atoms with Crippen LogP contribution in [0.15, 0.2) is 12.2 Å². The van der Waals surface area contributed by atoms with Crippen LogP contribution in [0.4, 0.5) is 4.39 Å². The lowest BCUT2D eigenvalue weighted by atomic mass is 9.62. The number of halogens is 1. The van der Waals surface area contributed by atoms with E-state index in [0.717, 1.165) is 50.4 Å². The van der Waals surface area contributed by atoms with Crippen molar-refractivity contribution in [2.45, 2.75) is 129 Å². The highest BCUT2D eigenvalue weighted by Gasteiger charge is 2.41. The first-order valence-corrected chi connectivity index (χ1v) is 15.4. The number of aliphatic hydroxyl groups is 1. The molecular formula is C32H57FO4.